The Labute approximate surface area is 169 Å². The highest BCUT2D eigenvalue weighted by Crippen LogP contribution is 2.32. The van der Waals surface area contributed by atoms with Gasteiger partial charge in [0, 0.05) is 25.8 Å². The first-order valence-electron chi connectivity index (χ1n) is 6.92. The van der Waals surface area contributed by atoms with Gasteiger partial charge in [-0.2, -0.15) is 0 Å². The summed E-state index contributed by atoms with van der Waals surface area (Å²) in [7, 11) is 1.21. The van der Waals surface area contributed by atoms with Crippen LogP contribution < -0.4 is 5.32 Å². The first-order valence-corrected chi connectivity index (χ1v) is 9.08. The van der Waals surface area contributed by atoms with Gasteiger partial charge in [0.2, 0.25) is 0 Å². The van der Waals surface area contributed by atoms with Crippen LogP contribution >= 0.6 is 45.2 Å². The molecule has 1 aromatic carbocycles. The van der Waals surface area contributed by atoms with E-state index in [0.717, 1.165) is 0 Å². The lowest BCUT2D eigenvalue weighted by atomic mass is 10.2. The number of benzene rings is 1. The highest BCUT2D eigenvalue weighted by Gasteiger charge is 2.35. The standard InChI is InChI=1S/C14H13I2N3O6/c1-25-14(22)8-6-18(2-3-20)13(21)11(8)17-12-9(15)4-7(19(23)24)5-10(12)16/h4-5,17,20H,2-3,6H2,1H3. The number of rotatable bonds is 6. The number of ether oxygens (including phenoxy) is 1. The van der Waals surface area contributed by atoms with E-state index in [-0.39, 0.29) is 36.7 Å². The van der Waals surface area contributed by atoms with Gasteiger partial charge in [0.1, 0.15) is 5.70 Å². The Morgan fingerprint density at radius 2 is 2.04 bits per heavy atom. The third kappa shape index (κ3) is 4.20. The van der Waals surface area contributed by atoms with E-state index in [1.807, 2.05) is 45.2 Å². The highest BCUT2D eigenvalue weighted by atomic mass is 127. The van der Waals surface area contributed by atoms with Crippen LogP contribution in [0, 0.1) is 17.3 Å². The third-order valence-electron chi connectivity index (χ3n) is 3.44. The number of nitro groups is 1. The smallest absolute Gasteiger partial charge is 0.337 e. The number of hydrogen-bond acceptors (Lipinski definition) is 7. The van der Waals surface area contributed by atoms with Crippen molar-refractivity contribution in [1.82, 2.24) is 4.90 Å². The van der Waals surface area contributed by atoms with E-state index in [2.05, 4.69) is 5.32 Å². The van der Waals surface area contributed by atoms with Crippen LogP contribution in [-0.4, -0.2) is 53.6 Å². The molecule has 0 bridgehead atoms. The largest absolute Gasteiger partial charge is 0.466 e. The summed E-state index contributed by atoms with van der Waals surface area (Å²) >= 11 is 3.84. The van der Waals surface area contributed by atoms with E-state index >= 15 is 0 Å². The Morgan fingerprint density at radius 3 is 2.52 bits per heavy atom. The van der Waals surface area contributed by atoms with Gasteiger partial charge in [0.15, 0.2) is 0 Å². The summed E-state index contributed by atoms with van der Waals surface area (Å²) < 4.78 is 5.77. The Bertz CT molecular complexity index is 757. The molecule has 25 heavy (non-hydrogen) atoms. The number of nitro benzene ring substituents is 1. The number of hydrogen-bond donors (Lipinski definition) is 2. The summed E-state index contributed by atoms with van der Waals surface area (Å²) in [5.41, 5.74) is 0.611. The number of nitrogens with zero attached hydrogens (tertiary/aromatic N) is 2. The molecule has 0 aliphatic carbocycles. The van der Waals surface area contributed by atoms with E-state index in [1.54, 1.807) is 0 Å². The predicted molar refractivity (Wildman–Crippen MR) is 105 cm³/mol. The summed E-state index contributed by atoms with van der Waals surface area (Å²) in [5, 5.41) is 22.9. The second-order valence-electron chi connectivity index (χ2n) is 4.96. The van der Waals surface area contributed by atoms with Crippen molar-refractivity contribution in [1.29, 1.82) is 0 Å². The van der Waals surface area contributed by atoms with Gasteiger partial charge in [0.25, 0.3) is 11.6 Å². The predicted octanol–water partition coefficient (Wildman–Crippen LogP) is 1.48. The van der Waals surface area contributed by atoms with Gasteiger partial charge in [-0.15, -0.1) is 0 Å². The minimum atomic E-state index is -0.650. The third-order valence-corrected chi connectivity index (χ3v) is 5.14. The van der Waals surface area contributed by atoms with E-state index in [4.69, 9.17) is 9.84 Å². The monoisotopic (exact) mass is 573 g/mol. The molecule has 134 valence electrons. The summed E-state index contributed by atoms with van der Waals surface area (Å²) in [6, 6.07) is 2.74. The quantitative estimate of drug-likeness (QED) is 0.229. The molecule has 2 N–H and O–H groups in total. The number of amides is 1. The van der Waals surface area contributed by atoms with Crippen molar-refractivity contribution in [3.63, 3.8) is 0 Å². The molecule has 1 aromatic rings. The number of esters is 1. The molecule has 2 rings (SSSR count). The number of nitrogens with one attached hydrogen (secondary N) is 1. The molecule has 0 atom stereocenters. The summed E-state index contributed by atoms with van der Waals surface area (Å²) in [6.45, 7) is -0.131. The fourth-order valence-corrected chi connectivity index (χ4v) is 4.26. The fourth-order valence-electron chi connectivity index (χ4n) is 2.26. The second kappa shape index (κ2) is 8.27. The van der Waals surface area contributed by atoms with Gasteiger partial charge >= 0.3 is 5.97 Å². The van der Waals surface area contributed by atoms with Gasteiger partial charge in [-0.1, -0.05) is 0 Å². The number of carbonyl (C=O) groups is 2. The molecule has 1 heterocycles. The molecular weight excluding hydrogens is 560 g/mol. The van der Waals surface area contributed by atoms with Crippen molar-refractivity contribution in [2.75, 3.05) is 32.1 Å². The Balaban J connectivity index is 2.43. The Kier molecular flexibility index (Phi) is 6.56. The molecule has 0 aromatic heterocycles. The molecular formula is C14H13I2N3O6. The number of non-ortho nitro benzene ring substituents is 1. The van der Waals surface area contributed by atoms with E-state index in [1.165, 1.54) is 24.1 Å². The number of halogens is 2. The van der Waals surface area contributed by atoms with Crippen LogP contribution in [0.2, 0.25) is 0 Å². The lowest BCUT2D eigenvalue weighted by Crippen LogP contribution is -2.31. The minimum Gasteiger partial charge on any atom is -0.466 e. The summed E-state index contributed by atoms with van der Waals surface area (Å²) in [4.78, 5) is 36.2. The zero-order chi connectivity index (χ0) is 18.7. The molecule has 1 aliphatic heterocycles. The molecule has 1 aliphatic rings. The molecule has 0 spiro atoms. The number of carbonyl (C=O) groups excluding carboxylic acids is 2. The zero-order valence-corrected chi connectivity index (χ0v) is 17.2. The average molecular weight is 573 g/mol. The molecule has 0 radical (unpaired) electrons. The number of anilines is 1. The zero-order valence-electron chi connectivity index (χ0n) is 12.9. The fraction of sp³-hybridized carbons (Fsp3) is 0.286. The Hall–Kier alpha value is -1.48. The molecule has 0 fully saturated rings. The summed E-state index contributed by atoms with van der Waals surface area (Å²) in [5.74, 6) is -1.09. The second-order valence-corrected chi connectivity index (χ2v) is 7.29. The van der Waals surface area contributed by atoms with Gasteiger partial charge < -0.3 is 20.1 Å². The maximum Gasteiger partial charge on any atom is 0.337 e. The van der Waals surface area contributed by atoms with Crippen LogP contribution in [0.5, 0.6) is 0 Å². The minimum absolute atomic E-state index is 0.0224. The van der Waals surface area contributed by atoms with Gasteiger partial charge in [-0.3, -0.25) is 14.9 Å². The normalized spacial score (nSPS) is 14.1. The van der Waals surface area contributed by atoms with Crippen molar-refractivity contribution in [2.45, 2.75) is 0 Å². The first-order chi connectivity index (χ1) is 11.8. The van der Waals surface area contributed by atoms with Crippen LogP contribution in [0.25, 0.3) is 0 Å². The van der Waals surface area contributed by atoms with E-state index < -0.39 is 16.8 Å². The Morgan fingerprint density at radius 1 is 1.44 bits per heavy atom. The van der Waals surface area contributed by atoms with Gasteiger partial charge in [-0.25, -0.2) is 4.79 Å². The van der Waals surface area contributed by atoms with Crippen molar-refractivity contribution in [3.05, 3.63) is 40.7 Å². The van der Waals surface area contributed by atoms with Crippen LogP contribution in [0.3, 0.4) is 0 Å². The number of aliphatic hydroxyl groups is 1. The molecule has 9 nitrogen and oxygen atoms in total. The molecule has 0 unspecified atom stereocenters. The average Bonchev–Trinajstić information content (AvgIpc) is 2.86. The summed E-state index contributed by atoms with van der Waals surface area (Å²) in [6.07, 6.45) is 0. The SMILES string of the molecule is COC(=O)C1=C(Nc2c(I)cc([N+](=O)[O-])cc2I)C(=O)N(CCO)C1. The molecule has 0 saturated carbocycles. The van der Waals surface area contributed by atoms with Crippen LogP contribution in [0.1, 0.15) is 0 Å². The van der Waals surface area contributed by atoms with Crippen LogP contribution in [0.4, 0.5) is 11.4 Å². The van der Waals surface area contributed by atoms with Crippen molar-refractivity contribution in [2.24, 2.45) is 0 Å². The van der Waals surface area contributed by atoms with Crippen LogP contribution in [0.15, 0.2) is 23.4 Å². The number of aliphatic hydroxyl groups excluding tert-OH is 1. The molecule has 1 amide bonds. The van der Waals surface area contributed by atoms with E-state index in [0.29, 0.717) is 12.8 Å². The lowest BCUT2D eigenvalue weighted by molar-refractivity contribution is -0.385. The number of β-amino-alcohol motifs (C(OH)–C–C–N with tert-alkyl or cyclic N) is 1. The molecule has 0 saturated heterocycles. The van der Waals surface area contributed by atoms with Crippen molar-refractivity contribution in [3.8, 4) is 0 Å². The van der Waals surface area contributed by atoms with Gasteiger partial charge in [-0.05, 0) is 45.2 Å². The highest BCUT2D eigenvalue weighted by molar-refractivity contribution is 14.1. The number of methoxy groups -OCH3 is 1. The molecule has 11 heteroatoms. The van der Waals surface area contributed by atoms with Gasteiger partial charge in [0.05, 0.1) is 36.4 Å². The van der Waals surface area contributed by atoms with Crippen molar-refractivity contribution >= 4 is 68.4 Å². The van der Waals surface area contributed by atoms with Crippen LogP contribution in [-0.2, 0) is 14.3 Å². The lowest BCUT2D eigenvalue weighted by Gasteiger charge is -2.16. The van der Waals surface area contributed by atoms with Crippen molar-refractivity contribution < 1.29 is 24.4 Å². The maximum absolute atomic E-state index is 12.5. The topological polar surface area (TPSA) is 122 Å². The maximum atomic E-state index is 12.5. The van der Waals surface area contributed by atoms with E-state index in [9.17, 15) is 19.7 Å². The first kappa shape index (κ1) is 19.8.